The molecule has 0 atom stereocenters. The van der Waals surface area contributed by atoms with Crippen LogP contribution in [0.15, 0.2) is 97.0 Å². The van der Waals surface area contributed by atoms with Crippen LogP contribution in [0.2, 0.25) is 0 Å². The zero-order valence-electron chi connectivity index (χ0n) is 18.9. The minimum absolute atomic E-state index is 0.107. The van der Waals surface area contributed by atoms with Gasteiger partial charge in [0, 0.05) is 11.1 Å². The van der Waals surface area contributed by atoms with Crippen LogP contribution in [0.25, 0.3) is 22.3 Å². The van der Waals surface area contributed by atoms with Crippen molar-refractivity contribution in [3.05, 3.63) is 120 Å². The number of rotatable bonds is 9. The number of ether oxygens (including phenoxy) is 2. The molecule has 0 N–H and O–H groups in total. The summed E-state index contributed by atoms with van der Waals surface area (Å²) >= 11 is 0. The van der Waals surface area contributed by atoms with Gasteiger partial charge in [-0.25, -0.2) is 8.78 Å². The standard InChI is InChI=1S/C28H24F4O2/c1-5-33-18(3)25(29)26(30)19(4)34-16-20-8-12-22(13-9-20)24-15-14-23(27(31)28(24)32)21-10-6-17(2)7-11-21/h6-15H,3-5,16H2,1-2H3/b26-25-. The van der Waals surface area contributed by atoms with Crippen molar-refractivity contribution in [1.82, 2.24) is 0 Å². The van der Waals surface area contributed by atoms with Crippen molar-refractivity contribution in [2.24, 2.45) is 0 Å². The van der Waals surface area contributed by atoms with Gasteiger partial charge in [0.25, 0.3) is 0 Å². The van der Waals surface area contributed by atoms with E-state index in [1.807, 2.05) is 19.1 Å². The van der Waals surface area contributed by atoms with Crippen LogP contribution in [0.3, 0.4) is 0 Å². The van der Waals surface area contributed by atoms with Crippen LogP contribution in [0.4, 0.5) is 17.6 Å². The highest BCUT2D eigenvalue weighted by atomic mass is 19.2. The SMILES string of the molecule is C=C(OCC)/C(F)=C(/F)C(=C)OCc1ccc(-c2ccc(-c3ccc(C)cc3)c(F)c2F)cc1. The van der Waals surface area contributed by atoms with E-state index in [1.54, 1.807) is 49.4 Å². The third kappa shape index (κ3) is 5.57. The van der Waals surface area contributed by atoms with E-state index in [9.17, 15) is 17.6 Å². The number of aryl methyl sites for hydroxylation is 1. The monoisotopic (exact) mass is 468 g/mol. The summed E-state index contributed by atoms with van der Waals surface area (Å²) in [6.07, 6.45) is 0. The van der Waals surface area contributed by atoms with Crippen molar-refractivity contribution in [3.8, 4) is 22.3 Å². The molecule has 3 aromatic carbocycles. The predicted molar refractivity (Wildman–Crippen MR) is 126 cm³/mol. The highest BCUT2D eigenvalue weighted by Crippen LogP contribution is 2.32. The molecule has 0 aliphatic heterocycles. The third-order valence-electron chi connectivity index (χ3n) is 5.12. The van der Waals surface area contributed by atoms with Gasteiger partial charge in [0.05, 0.1) is 6.61 Å². The molecular formula is C28H24F4O2. The van der Waals surface area contributed by atoms with E-state index in [2.05, 4.69) is 13.2 Å². The van der Waals surface area contributed by atoms with E-state index >= 15 is 0 Å². The van der Waals surface area contributed by atoms with E-state index in [-0.39, 0.29) is 24.3 Å². The maximum atomic E-state index is 14.8. The highest BCUT2D eigenvalue weighted by molar-refractivity contribution is 5.72. The Morgan fingerprint density at radius 3 is 1.62 bits per heavy atom. The first-order valence-corrected chi connectivity index (χ1v) is 10.6. The first-order valence-electron chi connectivity index (χ1n) is 10.6. The van der Waals surface area contributed by atoms with Gasteiger partial charge < -0.3 is 9.47 Å². The molecular weight excluding hydrogens is 444 g/mol. The Labute approximate surface area is 196 Å². The second kappa shape index (κ2) is 10.9. The first-order chi connectivity index (χ1) is 16.2. The summed E-state index contributed by atoms with van der Waals surface area (Å²) in [5, 5.41) is 0. The largest absolute Gasteiger partial charge is 0.491 e. The molecule has 0 heterocycles. The summed E-state index contributed by atoms with van der Waals surface area (Å²) in [4.78, 5) is 0. The van der Waals surface area contributed by atoms with Crippen LogP contribution in [-0.2, 0) is 16.1 Å². The lowest BCUT2D eigenvalue weighted by Gasteiger charge is -2.11. The van der Waals surface area contributed by atoms with E-state index in [0.717, 1.165) is 5.56 Å². The Morgan fingerprint density at radius 2 is 1.15 bits per heavy atom. The summed E-state index contributed by atoms with van der Waals surface area (Å²) < 4.78 is 67.6. The second-order valence-corrected chi connectivity index (χ2v) is 7.55. The minimum atomic E-state index is -1.30. The van der Waals surface area contributed by atoms with Crippen LogP contribution in [-0.4, -0.2) is 6.61 Å². The number of benzene rings is 3. The van der Waals surface area contributed by atoms with Crippen LogP contribution in [0.5, 0.6) is 0 Å². The Balaban J connectivity index is 1.73. The fourth-order valence-corrected chi connectivity index (χ4v) is 3.23. The Morgan fingerprint density at radius 1 is 0.706 bits per heavy atom. The molecule has 0 radical (unpaired) electrons. The average molecular weight is 468 g/mol. The molecule has 0 saturated heterocycles. The van der Waals surface area contributed by atoms with E-state index < -0.39 is 34.8 Å². The lowest BCUT2D eigenvalue weighted by molar-refractivity contribution is 0.189. The molecule has 34 heavy (non-hydrogen) atoms. The zero-order chi connectivity index (χ0) is 24.8. The van der Waals surface area contributed by atoms with Gasteiger partial charge in [-0.2, -0.15) is 8.78 Å². The summed E-state index contributed by atoms with van der Waals surface area (Å²) in [6, 6.07) is 16.6. The lowest BCUT2D eigenvalue weighted by Crippen LogP contribution is -1.98. The van der Waals surface area contributed by atoms with Gasteiger partial charge in [0.2, 0.25) is 11.7 Å². The van der Waals surface area contributed by atoms with Crippen LogP contribution in [0, 0.1) is 18.6 Å². The molecule has 6 heteroatoms. The van der Waals surface area contributed by atoms with Crippen LogP contribution < -0.4 is 0 Å². The second-order valence-electron chi connectivity index (χ2n) is 7.55. The first kappa shape index (κ1) is 24.8. The number of allylic oxidation sites excluding steroid dienone is 2. The Bertz CT molecular complexity index is 1230. The van der Waals surface area contributed by atoms with Gasteiger partial charge in [-0.1, -0.05) is 79.4 Å². The average Bonchev–Trinajstić information content (AvgIpc) is 2.84. The summed E-state index contributed by atoms with van der Waals surface area (Å²) in [6.45, 7) is 10.2. The topological polar surface area (TPSA) is 18.5 Å². The molecule has 0 unspecified atom stereocenters. The van der Waals surface area contributed by atoms with E-state index in [4.69, 9.17) is 9.47 Å². The summed E-state index contributed by atoms with van der Waals surface area (Å²) in [7, 11) is 0. The van der Waals surface area contributed by atoms with E-state index in [1.165, 1.54) is 6.07 Å². The molecule has 0 bridgehead atoms. The summed E-state index contributed by atoms with van der Waals surface area (Å²) in [5.41, 5.74) is 2.95. The molecule has 3 aromatic rings. The van der Waals surface area contributed by atoms with Crippen molar-refractivity contribution in [3.63, 3.8) is 0 Å². The Hall–Kier alpha value is -3.80. The quantitative estimate of drug-likeness (QED) is 0.179. The normalized spacial score (nSPS) is 11.6. The molecule has 0 aliphatic carbocycles. The van der Waals surface area contributed by atoms with Gasteiger partial charge in [0.15, 0.2) is 23.2 Å². The molecule has 0 saturated carbocycles. The van der Waals surface area contributed by atoms with Crippen molar-refractivity contribution >= 4 is 0 Å². The molecule has 0 fully saturated rings. The van der Waals surface area contributed by atoms with Gasteiger partial charge in [-0.3, -0.25) is 0 Å². The molecule has 176 valence electrons. The van der Waals surface area contributed by atoms with Gasteiger partial charge in [0.1, 0.15) is 6.61 Å². The van der Waals surface area contributed by atoms with Gasteiger partial charge in [-0.05, 0) is 30.5 Å². The third-order valence-corrected chi connectivity index (χ3v) is 5.12. The van der Waals surface area contributed by atoms with Crippen molar-refractivity contribution in [1.29, 1.82) is 0 Å². The molecule has 2 nitrogen and oxygen atoms in total. The van der Waals surface area contributed by atoms with Crippen molar-refractivity contribution in [2.75, 3.05) is 6.61 Å². The number of halogens is 4. The van der Waals surface area contributed by atoms with Crippen LogP contribution in [0.1, 0.15) is 18.1 Å². The molecule has 0 spiro atoms. The fraction of sp³-hybridized carbons (Fsp3) is 0.143. The van der Waals surface area contributed by atoms with Crippen molar-refractivity contribution in [2.45, 2.75) is 20.5 Å². The molecule has 0 amide bonds. The lowest BCUT2D eigenvalue weighted by atomic mass is 9.98. The summed E-state index contributed by atoms with van der Waals surface area (Å²) in [5.74, 6) is -5.43. The molecule has 0 aromatic heterocycles. The fourth-order valence-electron chi connectivity index (χ4n) is 3.23. The van der Waals surface area contributed by atoms with Crippen molar-refractivity contribution < 1.29 is 27.0 Å². The minimum Gasteiger partial charge on any atom is -0.491 e. The van der Waals surface area contributed by atoms with Gasteiger partial charge in [-0.15, -0.1) is 0 Å². The smallest absolute Gasteiger partial charge is 0.203 e. The molecule has 0 aliphatic rings. The van der Waals surface area contributed by atoms with Gasteiger partial charge >= 0.3 is 0 Å². The zero-order valence-corrected chi connectivity index (χ0v) is 18.9. The predicted octanol–water partition coefficient (Wildman–Crippen LogP) is 8.34. The van der Waals surface area contributed by atoms with Crippen LogP contribution >= 0.6 is 0 Å². The highest BCUT2D eigenvalue weighted by Gasteiger charge is 2.17. The Kier molecular flexibility index (Phi) is 7.95. The maximum absolute atomic E-state index is 14.8. The molecule has 3 rings (SSSR count). The van der Waals surface area contributed by atoms with E-state index in [0.29, 0.717) is 16.7 Å². The number of hydrogen-bond donors (Lipinski definition) is 0. The maximum Gasteiger partial charge on any atom is 0.203 e. The number of hydrogen-bond acceptors (Lipinski definition) is 2.